The Bertz CT molecular complexity index is 655. The summed E-state index contributed by atoms with van der Waals surface area (Å²) in [5, 5.41) is 2.50. The van der Waals surface area contributed by atoms with Crippen molar-refractivity contribution in [3.63, 3.8) is 0 Å². The smallest absolute Gasteiger partial charge is 0.161 e. The highest BCUT2D eigenvalue weighted by Crippen LogP contribution is 2.35. The normalized spacial score (nSPS) is 13.1. The van der Waals surface area contributed by atoms with Gasteiger partial charge in [0.1, 0.15) is 0 Å². The minimum Gasteiger partial charge on any atom is -0.490 e. The minimum atomic E-state index is 0.750. The van der Waals surface area contributed by atoms with Gasteiger partial charge in [-0.3, -0.25) is 0 Å². The number of allylic oxidation sites excluding steroid dienone is 2. The molecule has 1 aliphatic rings. The molecular weight excluding hydrogens is 296 g/mol. The summed E-state index contributed by atoms with van der Waals surface area (Å²) in [5.41, 5.74) is 2.87. The highest BCUT2D eigenvalue weighted by atomic mass is 16.5. The number of rotatable bonds is 8. The summed E-state index contributed by atoms with van der Waals surface area (Å²) in [5.74, 6) is 1.77. The number of hydrogen-bond acceptors (Lipinski definition) is 2. The lowest BCUT2D eigenvalue weighted by molar-refractivity contribution is 0.262. The van der Waals surface area contributed by atoms with Crippen molar-refractivity contribution in [3.8, 4) is 11.5 Å². The van der Waals surface area contributed by atoms with Gasteiger partial charge in [-0.15, -0.1) is 0 Å². The van der Waals surface area contributed by atoms with E-state index in [0.29, 0.717) is 0 Å². The fourth-order valence-corrected chi connectivity index (χ4v) is 3.08. The van der Waals surface area contributed by atoms with E-state index in [1.165, 1.54) is 21.9 Å². The summed E-state index contributed by atoms with van der Waals surface area (Å²) < 4.78 is 12.0. The van der Waals surface area contributed by atoms with Crippen LogP contribution in [-0.2, 0) is 12.8 Å². The molecule has 3 rings (SSSR count). The van der Waals surface area contributed by atoms with E-state index in [2.05, 4.69) is 50.3 Å². The molecule has 0 spiro atoms. The predicted octanol–water partition coefficient (Wildman–Crippen LogP) is 5.85. The van der Waals surface area contributed by atoms with Crippen molar-refractivity contribution in [1.29, 1.82) is 0 Å². The Hall–Kier alpha value is -1.96. The predicted molar refractivity (Wildman–Crippen MR) is 101 cm³/mol. The van der Waals surface area contributed by atoms with Crippen LogP contribution in [0.4, 0.5) is 0 Å². The number of unbranched alkanes of at least 4 members (excludes halogenated alkanes) is 2. The lowest BCUT2D eigenvalue weighted by Gasteiger charge is -2.17. The Morgan fingerprint density at radius 1 is 0.708 bits per heavy atom. The Balaban J connectivity index is 1.93. The van der Waals surface area contributed by atoms with E-state index in [1.807, 2.05) is 0 Å². The molecular formula is C22H28O2. The van der Waals surface area contributed by atoms with Crippen LogP contribution in [0.1, 0.15) is 50.7 Å². The van der Waals surface area contributed by atoms with E-state index < -0.39 is 0 Å². The molecule has 0 aliphatic heterocycles. The van der Waals surface area contributed by atoms with Crippen molar-refractivity contribution in [1.82, 2.24) is 0 Å². The summed E-state index contributed by atoms with van der Waals surface area (Å²) in [4.78, 5) is 0. The van der Waals surface area contributed by atoms with Crippen LogP contribution < -0.4 is 9.47 Å². The summed E-state index contributed by atoms with van der Waals surface area (Å²) in [6.07, 6.45) is 11.0. The molecule has 0 atom stereocenters. The van der Waals surface area contributed by atoms with Crippen molar-refractivity contribution < 1.29 is 9.47 Å². The van der Waals surface area contributed by atoms with E-state index in [0.717, 1.165) is 63.2 Å². The number of fused-ring (bicyclic) bond motifs is 2. The number of hydrogen-bond donors (Lipinski definition) is 0. The second-order valence-electron chi connectivity index (χ2n) is 6.55. The molecule has 0 bridgehead atoms. The molecule has 0 radical (unpaired) electrons. The van der Waals surface area contributed by atoms with E-state index in [9.17, 15) is 0 Å². The fraction of sp³-hybridized carbons (Fsp3) is 0.455. The molecule has 2 nitrogen and oxygen atoms in total. The zero-order chi connectivity index (χ0) is 16.8. The second-order valence-corrected chi connectivity index (χ2v) is 6.55. The lowest BCUT2D eigenvalue weighted by atomic mass is 9.93. The maximum absolute atomic E-state index is 6.02. The molecule has 0 amide bonds. The molecule has 0 aromatic heterocycles. The lowest BCUT2D eigenvalue weighted by Crippen LogP contribution is -2.03. The Labute approximate surface area is 145 Å². The molecule has 0 unspecified atom stereocenters. The van der Waals surface area contributed by atoms with Crippen LogP contribution in [0.25, 0.3) is 10.8 Å². The van der Waals surface area contributed by atoms with Gasteiger partial charge in [-0.1, -0.05) is 51.0 Å². The van der Waals surface area contributed by atoms with Crippen molar-refractivity contribution >= 4 is 10.8 Å². The van der Waals surface area contributed by atoms with Crippen LogP contribution >= 0.6 is 0 Å². The number of ether oxygens (including phenoxy) is 2. The van der Waals surface area contributed by atoms with Crippen LogP contribution in [0, 0.1) is 0 Å². The molecule has 2 aromatic rings. The van der Waals surface area contributed by atoms with E-state index in [-0.39, 0.29) is 0 Å². The second kappa shape index (κ2) is 8.23. The Morgan fingerprint density at radius 2 is 1.17 bits per heavy atom. The summed E-state index contributed by atoms with van der Waals surface area (Å²) >= 11 is 0. The number of benzene rings is 2. The van der Waals surface area contributed by atoms with Crippen LogP contribution in [0.2, 0.25) is 0 Å². The van der Waals surface area contributed by atoms with Gasteiger partial charge in [0.25, 0.3) is 0 Å². The maximum Gasteiger partial charge on any atom is 0.161 e. The molecule has 1 aliphatic carbocycles. The molecule has 24 heavy (non-hydrogen) atoms. The first kappa shape index (κ1) is 16.9. The van der Waals surface area contributed by atoms with Gasteiger partial charge in [0.15, 0.2) is 11.5 Å². The van der Waals surface area contributed by atoms with E-state index >= 15 is 0 Å². The third kappa shape index (κ3) is 3.92. The van der Waals surface area contributed by atoms with Gasteiger partial charge >= 0.3 is 0 Å². The van der Waals surface area contributed by atoms with Crippen LogP contribution in [-0.4, -0.2) is 13.2 Å². The SMILES string of the molecule is CCCCOc1cc2cc3c(cc2cc1OCCCC)CC=CC3. The van der Waals surface area contributed by atoms with Gasteiger partial charge in [-0.05, 0) is 59.7 Å². The average Bonchev–Trinajstić information content (AvgIpc) is 2.60. The van der Waals surface area contributed by atoms with Gasteiger partial charge in [-0.25, -0.2) is 0 Å². The van der Waals surface area contributed by atoms with Gasteiger partial charge < -0.3 is 9.47 Å². The molecule has 0 saturated heterocycles. The molecule has 0 saturated carbocycles. The summed E-state index contributed by atoms with van der Waals surface area (Å²) in [6.45, 7) is 5.87. The van der Waals surface area contributed by atoms with Crippen LogP contribution in [0.5, 0.6) is 11.5 Å². The fourth-order valence-electron chi connectivity index (χ4n) is 3.08. The first-order valence-corrected chi connectivity index (χ1v) is 9.32. The summed E-state index contributed by atoms with van der Waals surface area (Å²) in [7, 11) is 0. The third-order valence-electron chi connectivity index (χ3n) is 4.57. The van der Waals surface area contributed by atoms with Gasteiger partial charge in [0.2, 0.25) is 0 Å². The van der Waals surface area contributed by atoms with Crippen molar-refractivity contribution in [2.75, 3.05) is 13.2 Å². The van der Waals surface area contributed by atoms with Gasteiger partial charge in [0.05, 0.1) is 13.2 Å². The third-order valence-corrected chi connectivity index (χ3v) is 4.57. The molecule has 128 valence electrons. The Morgan fingerprint density at radius 3 is 1.58 bits per heavy atom. The van der Waals surface area contributed by atoms with Gasteiger partial charge in [0, 0.05) is 0 Å². The minimum absolute atomic E-state index is 0.750. The zero-order valence-electron chi connectivity index (χ0n) is 14.9. The van der Waals surface area contributed by atoms with Crippen molar-refractivity contribution in [3.05, 3.63) is 47.5 Å². The molecule has 0 fully saturated rings. The maximum atomic E-state index is 6.02. The zero-order valence-corrected chi connectivity index (χ0v) is 14.9. The largest absolute Gasteiger partial charge is 0.490 e. The van der Waals surface area contributed by atoms with Crippen molar-refractivity contribution in [2.45, 2.75) is 52.4 Å². The monoisotopic (exact) mass is 324 g/mol. The molecule has 0 heterocycles. The van der Waals surface area contributed by atoms with Gasteiger partial charge in [-0.2, -0.15) is 0 Å². The molecule has 2 aromatic carbocycles. The van der Waals surface area contributed by atoms with E-state index in [1.54, 1.807) is 0 Å². The first-order valence-electron chi connectivity index (χ1n) is 9.32. The molecule has 2 heteroatoms. The highest BCUT2D eigenvalue weighted by molar-refractivity contribution is 5.87. The topological polar surface area (TPSA) is 18.5 Å². The standard InChI is InChI=1S/C22H28O2/c1-3-5-11-23-21-15-19-13-17-9-7-8-10-18(17)14-20(19)16-22(21)24-12-6-4-2/h7-8,13-16H,3-6,9-12H2,1-2H3. The van der Waals surface area contributed by atoms with Crippen LogP contribution in [0.15, 0.2) is 36.4 Å². The Kier molecular flexibility index (Phi) is 5.79. The van der Waals surface area contributed by atoms with E-state index in [4.69, 9.17) is 9.47 Å². The highest BCUT2D eigenvalue weighted by Gasteiger charge is 2.12. The van der Waals surface area contributed by atoms with Crippen LogP contribution in [0.3, 0.4) is 0 Å². The first-order chi connectivity index (χ1) is 11.8. The molecule has 0 N–H and O–H groups in total. The summed E-state index contributed by atoms with van der Waals surface area (Å²) in [6, 6.07) is 8.95. The quantitative estimate of drug-likeness (QED) is 0.448. The van der Waals surface area contributed by atoms with Crippen molar-refractivity contribution in [2.24, 2.45) is 0 Å². The average molecular weight is 324 g/mol.